The number of aromatic nitrogens is 1. The molecule has 0 aliphatic rings. The molecule has 0 aliphatic carbocycles. The molecule has 0 aliphatic heterocycles. The van der Waals surface area contributed by atoms with Crippen molar-refractivity contribution in [1.29, 1.82) is 0 Å². The second-order valence-corrected chi connectivity index (χ2v) is 4.75. The van der Waals surface area contributed by atoms with Crippen LogP contribution in [0.3, 0.4) is 0 Å². The van der Waals surface area contributed by atoms with E-state index in [9.17, 15) is 9.59 Å². The molecule has 0 atom stereocenters. The third-order valence-corrected chi connectivity index (χ3v) is 3.30. The molecule has 0 fully saturated rings. The summed E-state index contributed by atoms with van der Waals surface area (Å²) >= 11 is 1.11. The zero-order valence-electron chi connectivity index (χ0n) is 10.3. The van der Waals surface area contributed by atoms with Crippen molar-refractivity contribution >= 4 is 28.6 Å². The molecule has 0 saturated carbocycles. The summed E-state index contributed by atoms with van der Waals surface area (Å²) in [6, 6.07) is 5.01. The maximum Gasteiger partial charge on any atom is 0.304 e. The summed E-state index contributed by atoms with van der Waals surface area (Å²) in [7, 11) is 1.57. The van der Waals surface area contributed by atoms with E-state index >= 15 is 0 Å². The van der Waals surface area contributed by atoms with Gasteiger partial charge in [0, 0.05) is 23.7 Å². The van der Waals surface area contributed by atoms with Crippen LogP contribution in [-0.2, 0) is 6.54 Å². The van der Waals surface area contributed by atoms with Crippen LogP contribution in [0.5, 0.6) is 0 Å². The SMILES string of the molecule is CNC(=O)c1ccc(N)c(NCc2csc(=O)[nH]2)c1. The smallest absolute Gasteiger partial charge is 0.304 e. The van der Waals surface area contributed by atoms with Gasteiger partial charge in [0.15, 0.2) is 0 Å². The van der Waals surface area contributed by atoms with E-state index in [0.29, 0.717) is 23.5 Å². The van der Waals surface area contributed by atoms with E-state index in [4.69, 9.17) is 5.73 Å². The van der Waals surface area contributed by atoms with Gasteiger partial charge in [-0.1, -0.05) is 11.3 Å². The van der Waals surface area contributed by atoms with E-state index in [2.05, 4.69) is 15.6 Å². The number of anilines is 2. The molecule has 1 heterocycles. The Morgan fingerprint density at radius 2 is 2.26 bits per heavy atom. The highest BCUT2D eigenvalue weighted by Gasteiger charge is 2.07. The minimum atomic E-state index is -0.174. The van der Waals surface area contributed by atoms with Crippen molar-refractivity contribution in [3.05, 3.63) is 44.5 Å². The highest BCUT2D eigenvalue weighted by molar-refractivity contribution is 7.07. The molecule has 100 valence electrons. The maximum atomic E-state index is 11.5. The number of carbonyl (C=O) groups is 1. The lowest BCUT2D eigenvalue weighted by molar-refractivity contribution is 0.0963. The number of thiazole rings is 1. The first-order valence-corrected chi connectivity index (χ1v) is 6.50. The van der Waals surface area contributed by atoms with Gasteiger partial charge in [0.25, 0.3) is 5.91 Å². The van der Waals surface area contributed by atoms with Crippen molar-refractivity contribution in [3.8, 4) is 0 Å². The Morgan fingerprint density at radius 3 is 2.89 bits per heavy atom. The summed E-state index contributed by atoms with van der Waals surface area (Å²) in [5, 5.41) is 7.39. The number of hydrogen-bond acceptors (Lipinski definition) is 5. The normalized spacial score (nSPS) is 10.2. The summed E-state index contributed by atoms with van der Waals surface area (Å²) in [6.07, 6.45) is 0. The monoisotopic (exact) mass is 278 g/mol. The quantitative estimate of drug-likeness (QED) is 0.627. The number of aromatic amines is 1. The van der Waals surface area contributed by atoms with Gasteiger partial charge in [-0.15, -0.1) is 0 Å². The van der Waals surface area contributed by atoms with Gasteiger partial charge < -0.3 is 21.4 Å². The Bertz CT molecular complexity index is 647. The van der Waals surface area contributed by atoms with Crippen molar-refractivity contribution in [2.75, 3.05) is 18.1 Å². The average molecular weight is 278 g/mol. The Kier molecular flexibility index (Phi) is 3.86. The first-order chi connectivity index (χ1) is 9.10. The Morgan fingerprint density at radius 1 is 1.47 bits per heavy atom. The molecule has 1 amide bonds. The lowest BCUT2D eigenvalue weighted by Crippen LogP contribution is -2.18. The predicted octanol–water partition coefficient (Wildman–Crippen LogP) is 0.990. The Labute approximate surface area is 113 Å². The van der Waals surface area contributed by atoms with E-state index in [1.807, 2.05) is 0 Å². The molecule has 0 saturated heterocycles. The average Bonchev–Trinajstić information content (AvgIpc) is 2.82. The molecule has 0 spiro atoms. The highest BCUT2D eigenvalue weighted by Crippen LogP contribution is 2.20. The zero-order valence-corrected chi connectivity index (χ0v) is 11.1. The summed E-state index contributed by atoms with van der Waals surface area (Å²) in [4.78, 5) is 25.1. The third-order valence-electron chi connectivity index (χ3n) is 2.58. The number of H-pyrrole nitrogens is 1. The number of hydrogen-bond donors (Lipinski definition) is 4. The molecule has 2 aromatic rings. The van der Waals surface area contributed by atoms with Crippen LogP contribution in [0, 0.1) is 0 Å². The first-order valence-electron chi connectivity index (χ1n) is 5.62. The second-order valence-electron chi connectivity index (χ2n) is 3.91. The number of nitrogens with one attached hydrogen (secondary N) is 3. The number of nitrogens with two attached hydrogens (primary N) is 1. The molecule has 19 heavy (non-hydrogen) atoms. The third kappa shape index (κ3) is 3.14. The molecule has 2 rings (SSSR count). The number of rotatable bonds is 4. The molecule has 7 heteroatoms. The van der Waals surface area contributed by atoms with Crippen LogP contribution >= 0.6 is 11.3 Å². The van der Waals surface area contributed by atoms with E-state index < -0.39 is 0 Å². The summed E-state index contributed by atoms with van der Waals surface area (Å²) in [6.45, 7) is 0.445. The largest absolute Gasteiger partial charge is 0.397 e. The fraction of sp³-hybridized carbons (Fsp3) is 0.167. The Hall–Kier alpha value is -2.28. The molecule has 6 nitrogen and oxygen atoms in total. The number of carbonyl (C=O) groups excluding carboxylic acids is 1. The summed E-state index contributed by atoms with van der Waals surface area (Å²) in [5.74, 6) is -0.174. The van der Waals surface area contributed by atoms with Gasteiger partial charge in [-0.3, -0.25) is 9.59 Å². The maximum absolute atomic E-state index is 11.5. The van der Waals surface area contributed by atoms with Crippen molar-refractivity contribution in [2.45, 2.75) is 6.54 Å². The van der Waals surface area contributed by atoms with Gasteiger partial charge in [0.2, 0.25) is 0 Å². The molecule has 1 aromatic heterocycles. The number of nitrogen functional groups attached to an aromatic ring is 1. The van der Waals surface area contributed by atoms with E-state index in [1.165, 1.54) is 0 Å². The molecule has 0 unspecified atom stereocenters. The molecular weight excluding hydrogens is 264 g/mol. The van der Waals surface area contributed by atoms with Gasteiger partial charge in [0.05, 0.1) is 17.9 Å². The summed E-state index contributed by atoms with van der Waals surface area (Å²) in [5.41, 5.74) is 8.35. The lowest BCUT2D eigenvalue weighted by atomic mass is 10.1. The molecule has 0 bridgehead atoms. The minimum Gasteiger partial charge on any atom is -0.397 e. The highest BCUT2D eigenvalue weighted by atomic mass is 32.1. The van der Waals surface area contributed by atoms with Gasteiger partial charge in [-0.2, -0.15) is 0 Å². The van der Waals surface area contributed by atoms with Crippen LogP contribution in [0.1, 0.15) is 16.1 Å². The number of amides is 1. The Balaban J connectivity index is 2.15. The molecule has 0 radical (unpaired) electrons. The van der Waals surface area contributed by atoms with Gasteiger partial charge in [-0.25, -0.2) is 0 Å². The van der Waals surface area contributed by atoms with Crippen LogP contribution in [0.15, 0.2) is 28.4 Å². The van der Waals surface area contributed by atoms with Crippen LogP contribution < -0.4 is 21.2 Å². The fourth-order valence-electron chi connectivity index (χ4n) is 1.59. The molecule has 5 N–H and O–H groups in total. The van der Waals surface area contributed by atoms with E-state index in [-0.39, 0.29) is 10.8 Å². The van der Waals surface area contributed by atoms with Crippen molar-refractivity contribution < 1.29 is 4.79 Å². The van der Waals surface area contributed by atoms with Crippen LogP contribution in [0.25, 0.3) is 0 Å². The van der Waals surface area contributed by atoms with Crippen LogP contribution in [0.2, 0.25) is 0 Å². The first kappa shape index (κ1) is 13.2. The van der Waals surface area contributed by atoms with Crippen LogP contribution in [0.4, 0.5) is 11.4 Å². The summed E-state index contributed by atoms with van der Waals surface area (Å²) < 4.78 is 0. The minimum absolute atomic E-state index is 0.0936. The van der Waals surface area contributed by atoms with Crippen LogP contribution in [-0.4, -0.2) is 17.9 Å². The molecular formula is C12H14N4O2S. The van der Waals surface area contributed by atoms with Gasteiger partial charge >= 0.3 is 4.87 Å². The predicted molar refractivity (Wildman–Crippen MR) is 76.5 cm³/mol. The van der Waals surface area contributed by atoms with E-state index in [0.717, 1.165) is 17.0 Å². The zero-order chi connectivity index (χ0) is 13.8. The second kappa shape index (κ2) is 5.57. The lowest BCUT2D eigenvalue weighted by Gasteiger charge is -2.10. The number of benzene rings is 1. The standard InChI is InChI=1S/C12H14N4O2S/c1-14-11(17)7-2-3-9(13)10(4-7)15-5-8-6-19-12(18)16-8/h2-4,6,15H,5,13H2,1H3,(H,14,17)(H,16,18). The van der Waals surface area contributed by atoms with Crippen molar-refractivity contribution in [3.63, 3.8) is 0 Å². The van der Waals surface area contributed by atoms with Gasteiger partial charge in [-0.05, 0) is 18.2 Å². The van der Waals surface area contributed by atoms with Crippen molar-refractivity contribution in [1.82, 2.24) is 10.3 Å². The van der Waals surface area contributed by atoms with E-state index in [1.54, 1.807) is 30.6 Å². The topological polar surface area (TPSA) is 100 Å². The fourth-order valence-corrected chi connectivity index (χ4v) is 2.17. The van der Waals surface area contributed by atoms with Crippen molar-refractivity contribution in [2.24, 2.45) is 0 Å². The molecule has 1 aromatic carbocycles. The van der Waals surface area contributed by atoms with Gasteiger partial charge in [0.1, 0.15) is 0 Å².